The normalized spacial score (nSPS) is 25.9. The van der Waals surface area contributed by atoms with E-state index < -0.39 is 10.2 Å². The van der Waals surface area contributed by atoms with Gasteiger partial charge in [0.2, 0.25) is 0 Å². The molecule has 2 unspecified atom stereocenters. The van der Waals surface area contributed by atoms with Crippen molar-refractivity contribution >= 4 is 10.2 Å². The smallest absolute Gasteiger partial charge is 0.276 e. The monoisotopic (exact) mass is 284 g/mol. The maximum atomic E-state index is 11.4. The molecule has 0 saturated heterocycles. The standard InChI is InChI=1S/C13H20N2O3S/c1-13(2)11(15(3)19(14,16)17)9-12(13)18-10-7-5-4-6-8-10/h4-8,11-12H,9H2,1-3H3,(H2,14,16,17). The summed E-state index contributed by atoms with van der Waals surface area (Å²) in [7, 11) is -2.14. The molecule has 0 amide bonds. The van der Waals surface area contributed by atoms with Crippen LogP contribution in [0, 0.1) is 5.41 Å². The zero-order valence-electron chi connectivity index (χ0n) is 11.4. The molecular formula is C13H20N2O3S. The van der Waals surface area contributed by atoms with Crippen molar-refractivity contribution < 1.29 is 13.2 Å². The van der Waals surface area contributed by atoms with Gasteiger partial charge in [-0.05, 0) is 12.1 Å². The van der Waals surface area contributed by atoms with E-state index in [0.717, 1.165) is 5.75 Å². The molecule has 6 heteroatoms. The molecule has 2 atom stereocenters. The van der Waals surface area contributed by atoms with E-state index in [1.165, 1.54) is 11.4 Å². The molecule has 106 valence electrons. The SMILES string of the molecule is CN(C1CC(Oc2ccccc2)C1(C)C)S(N)(=O)=O. The van der Waals surface area contributed by atoms with Crippen LogP contribution in [0.25, 0.3) is 0 Å². The molecule has 0 heterocycles. The molecule has 1 aromatic rings. The van der Waals surface area contributed by atoms with E-state index in [1.54, 1.807) is 0 Å². The van der Waals surface area contributed by atoms with Gasteiger partial charge in [-0.25, -0.2) is 5.14 Å². The second-order valence-corrected chi connectivity index (χ2v) is 7.16. The summed E-state index contributed by atoms with van der Waals surface area (Å²) >= 11 is 0. The van der Waals surface area contributed by atoms with E-state index in [2.05, 4.69) is 0 Å². The molecule has 2 rings (SSSR count). The molecule has 1 aliphatic carbocycles. The van der Waals surface area contributed by atoms with Crippen LogP contribution in [0.1, 0.15) is 20.3 Å². The Morgan fingerprint density at radius 1 is 1.32 bits per heavy atom. The van der Waals surface area contributed by atoms with Crippen molar-refractivity contribution in [3.63, 3.8) is 0 Å². The fourth-order valence-corrected chi connectivity index (χ4v) is 3.23. The third-order valence-electron chi connectivity index (χ3n) is 3.99. The number of hydrogen-bond donors (Lipinski definition) is 1. The van der Waals surface area contributed by atoms with Gasteiger partial charge in [0, 0.05) is 24.9 Å². The highest BCUT2D eigenvalue weighted by molar-refractivity contribution is 7.86. The van der Waals surface area contributed by atoms with Crippen molar-refractivity contribution in [3.05, 3.63) is 30.3 Å². The molecule has 0 aliphatic heterocycles. The van der Waals surface area contributed by atoms with Gasteiger partial charge in [0.05, 0.1) is 0 Å². The maximum absolute atomic E-state index is 11.4. The number of nitrogens with zero attached hydrogens (tertiary/aromatic N) is 1. The lowest BCUT2D eigenvalue weighted by atomic mass is 9.64. The number of hydrogen-bond acceptors (Lipinski definition) is 3. The van der Waals surface area contributed by atoms with Gasteiger partial charge >= 0.3 is 0 Å². The number of para-hydroxylation sites is 1. The van der Waals surface area contributed by atoms with Crippen molar-refractivity contribution in [2.24, 2.45) is 10.6 Å². The highest BCUT2D eigenvalue weighted by Gasteiger charge is 2.53. The Bertz CT molecular complexity index is 542. The van der Waals surface area contributed by atoms with Gasteiger partial charge in [-0.2, -0.15) is 12.7 Å². The number of rotatable bonds is 4. The topological polar surface area (TPSA) is 72.6 Å². The highest BCUT2D eigenvalue weighted by Crippen LogP contribution is 2.46. The van der Waals surface area contributed by atoms with Crippen LogP contribution < -0.4 is 9.88 Å². The van der Waals surface area contributed by atoms with Gasteiger partial charge in [0.1, 0.15) is 11.9 Å². The van der Waals surface area contributed by atoms with Crippen LogP contribution in [-0.4, -0.2) is 31.9 Å². The van der Waals surface area contributed by atoms with E-state index in [-0.39, 0.29) is 17.6 Å². The average molecular weight is 284 g/mol. The summed E-state index contributed by atoms with van der Waals surface area (Å²) in [6, 6.07) is 9.41. The second-order valence-electron chi connectivity index (χ2n) is 5.55. The van der Waals surface area contributed by atoms with Crippen LogP contribution in [0.15, 0.2) is 30.3 Å². The Balaban J connectivity index is 2.06. The van der Waals surface area contributed by atoms with E-state index in [4.69, 9.17) is 9.88 Å². The van der Waals surface area contributed by atoms with Crippen LogP contribution in [0.5, 0.6) is 5.75 Å². The quantitative estimate of drug-likeness (QED) is 0.907. The zero-order valence-corrected chi connectivity index (χ0v) is 12.2. The van der Waals surface area contributed by atoms with Crippen molar-refractivity contribution in [1.82, 2.24) is 4.31 Å². The van der Waals surface area contributed by atoms with Gasteiger partial charge in [0.15, 0.2) is 0 Å². The van der Waals surface area contributed by atoms with E-state index in [1.807, 2.05) is 44.2 Å². The molecule has 1 saturated carbocycles. The van der Waals surface area contributed by atoms with Crippen molar-refractivity contribution in [3.8, 4) is 5.75 Å². The van der Waals surface area contributed by atoms with Crippen molar-refractivity contribution in [1.29, 1.82) is 0 Å². The molecule has 19 heavy (non-hydrogen) atoms. The Kier molecular flexibility index (Phi) is 3.59. The van der Waals surface area contributed by atoms with Crippen LogP contribution in [0.4, 0.5) is 0 Å². The third-order valence-corrected chi connectivity index (χ3v) is 5.05. The first-order valence-corrected chi connectivity index (χ1v) is 7.70. The number of ether oxygens (including phenoxy) is 1. The van der Waals surface area contributed by atoms with E-state index >= 15 is 0 Å². The first kappa shape index (κ1) is 14.3. The third kappa shape index (κ3) is 2.75. The summed E-state index contributed by atoms with van der Waals surface area (Å²) in [5, 5.41) is 5.17. The molecular weight excluding hydrogens is 264 g/mol. The van der Waals surface area contributed by atoms with Crippen LogP contribution >= 0.6 is 0 Å². The Labute approximate surface area is 114 Å². The summed E-state index contributed by atoms with van der Waals surface area (Å²) in [6.45, 7) is 3.99. The average Bonchev–Trinajstić information content (AvgIpc) is 2.33. The zero-order chi connectivity index (χ0) is 14.3. The van der Waals surface area contributed by atoms with Gasteiger partial charge in [-0.15, -0.1) is 0 Å². The fourth-order valence-electron chi connectivity index (χ4n) is 2.52. The van der Waals surface area contributed by atoms with Crippen molar-refractivity contribution in [2.45, 2.75) is 32.4 Å². The van der Waals surface area contributed by atoms with Crippen molar-refractivity contribution in [2.75, 3.05) is 7.05 Å². The lowest BCUT2D eigenvalue weighted by Crippen LogP contribution is -2.64. The van der Waals surface area contributed by atoms with E-state index in [9.17, 15) is 8.42 Å². The second kappa shape index (κ2) is 4.77. The van der Waals surface area contributed by atoms with Gasteiger partial charge in [-0.1, -0.05) is 32.0 Å². The molecule has 5 nitrogen and oxygen atoms in total. The summed E-state index contributed by atoms with van der Waals surface area (Å²) in [5.41, 5.74) is -0.267. The molecule has 0 bridgehead atoms. The van der Waals surface area contributed by atoms with Gasteiger partial charge in [-0.3, -0.25) is 0 Å². The first-order chi connectivity index (χ1) is 8.73. The summed E-state index contributed by atoms with van der Waals surface area (Å²) < 4.78 is 29.9. The predicted octanol–water partition coefficient (Wildman–Crippen LogP) is 1.37. The van der Waals surface area contributed by atoms with Crippen LogP contribution in [-0.2, 0) is 10.2 Å². The van der Waals surface area contributed by atoms with Crippen LogP contribution in [0.3, 0.4) is 0 Å². The van der Waals surface area contributed by atoms with E-state index in [0.29, 0.717) is 6.42 Å². The predicted molar refractivity (Wildman–Crippen MR) is 73.9 cm³/mol. The molecule has 0 aromatic heterocycles. The number of benzene rings is 1. The first-order valence-electron chi connectivity index (χ1n) is 6.20. The minimum absolute atomic E-state index is 0.0101. The molecule has 0 spiro atoms. The molecule has 2 N–H and O–H groups in total. The highest BCUT2D eigenvalue weighted by atomic mass is 32.2. The minimum atomic E-state index is -3.65. The lowest BCUT2D eigenvalue weighted by Gasteiger charge is -2.53. The summed E-state index contributed by atoms with van der Waals surface area (Å²) in [6.07, 6.45) is 0.638. The molecule has 1 aromatic carbocycles. The minimum Gasteiger partial charge on any atom is -0.490 e. The maximum Gasteiger partial charge on any atom is 0.276 e. The largest absolute Gasteiger partial charge is 0.490 e. The molecule has 1 fully saturated rings. The van der Waals surface area contributed by atoms with Gasteiger partial charge < -0.3 is 4.74 Å². The Hall–Kier alpha value is -1.11. The Morgan fingerprint density at radius 2 is 1.89 bits per heavy atom. The van der Waals surface area contributed by atoms with Crippen LogP contribution in [0.2, 0.25) is 0 Å². The fraction of sp³-hybridized carbons (Fsp3) is 0.538. The lowest BCUT2D eigenvalue weighted by molar-refractivity contribution is -0.0771. The molecule has 1 aliphatic rings. The summed E-state index contributed by atoms with van der Waals surface area (Å²) in [5.74, 6) is 0.803. The number of nitrogens with two attached hydrogens (primary N) is 1. The van der Waals surface area contributed by atoms with Gasteiger partial charge in [0.25, 0.3) is 10.2 Å². The molecule has 0 radical (unpaired) electrons. The Morgan fingerprint density at radius 3 is 2.37 bits per heavy atom. The summed E-state index contributed by atoms with van der Waals surface area (Å²) in [4.78, 5) is 0.